The highest BCUT2D eigenvalue weighted by Gasteiger charge is 2.22. The van der Waals surface area contributed by atoms with E-state index in [0.29, 0.717) is 17.1 Å². The first-order valence-electron chi connectivity index (χ1n) is 7.93. The molecule has 0 aliphatic carbocycles. The predicted molar refractivity (Wildman–Crippen MR) is 96.2 cm³/mol. The van der Waals surface area contributed by atoms with Crippen LogP contribution in [0.4, 0.5) is 5.69 Å². The summed E-state index contributed by atoms with van der Waals surface area (Å²) in [6.07, 6.45) is 4.65. The lowest BCUT2D eigenvalue weighted by Crippen LogP contribution is -2.01. The van der Waals surface area contributed by atoms with Gasteiger partial charge in [-0.15, -0.1) is 0 Å². The number of cyclic esters (lactones) is 1. The summed E-state index contributed by atoms with van der Waals surface area (Å²) in [5, 5.41) is 10.8. The van der Waals surface area contributed by atoms with E-state index in [1.54, 1.807) is 42.5 Å². The number of carbonyl (C=O) groups excluding carboxylic acids is 1. The lowest BCUT2D eigenvalue weighted by molar-refractivity contribution is -0.384. The molecule has 2 aromatic rings. The lowest BCUT2D eigenvalue weighted by Gasteiger charge is -1.97. The highest BCUT2D eigenvalue weighted by molar-refractivity contribution is 6.11. The van der Waals surface area contributed by atoms with Crippen LogP contribution in [0.25, 0.3) is 12.2 Å². The Hall–Kier alpha value is -3.94. The Labute approximate surface area is 153 Å². The average Bonchev–Trinajstić information content (AvgIpc) is 3.26. The Bertz CT molecular complexity index is 1040. The van der Waals surface area contributed by atoms with E-state index in [2.05, 4.69) is 4.99 Å². The molecule has 0 spiro atoms. The van der Waals surface area contributed by atoms with E-state index in [-0.39, 0.29) is 24.1 Å². The number of ether oxygens (including phenoxy) is 3. The van der Waals surface area contributed by atoms with Crippen molar-refractivity contribution >= 4 is 29.7 Å². The van der Waals surface area contributed by atoms with Crippen molar-refractivity contribution < 1.29 is 23.9 Å². The van der Waals surface area contributed by atoms with E-state index < -0.39 is 10.9 Å². The number of nitrogens with zero attached hydrogens (tertiary/aromatic N) is 2. The second-order valence-corrected chi connectivity index (χ2v) is 5.67. The van der Waals surface area contributed by atoms with Gasteiger partial charge in [0.25, 0.3) is 5.69 Å². The lowest BCUT2D eigenvalue weighted by atomic mass is 10.1. The molecular weight excluding hydrogens is 352 g/mol. The van der Waals surface area contributed by atoms with Gasteiger partial charge in [0.2, 0.25) is 12.7 Å². The van der Waals surface area contributed by atoms with Crippen LogP contribution >= 0.6 is 0 Å². The fourth-order valence-electron chi connectivity index (χ4n) is 2.57. The number of hydrogen-bond acceptors (Lipinski definition) is 7. The highest BCUT2D eigenvalue weighted by atomic mass is 16.7. The summed E-state index contributed by atoms with van der Waals surface area (Å²) < 4.78 is 15.7. The average molecular weight is 364 g/mol. The van der Waals surface area contributed by atoms with Crippen LogP contribution in [0.5, 0.6) is 11.5 Å². The first-order valence-corrected chi connectivity index (χ1v) is 7.93. The summed E-state index contributed by atoms with van der Waals surface area (Å²) >= 11 is 0. The number of non-ortho nitro benzene ring substituents is 1. The van der Waals surface area contributed by atoms with Crippen LogP contribution in [0.1, 0.15) is 11.1 Å². The molecule has 2 heterocycles. The SMILES string of the molecule is O=C1OC(C=Cc2cccc([N+](=O)[O-])c2)=NC1=Cc1ccc2c(c1)OCO2. The first-order chi connectivity index (χ1) is 13.1. The summed E-state index contributed by atoms with van der Waals surface area (Å²) in [5.41, 5.74) is 1.44. The topological polar surface area (TPSA) is 100 Å². The fraction of sp³-hybridized carbons (Fsp3) is 0.0526. The molecule has 0 atom stereocenters. The van der Waals surface area contributed by atoms with Crippen LogP contribution in [0.15, 0.2) is 59.2 Å². The van der Waals surface area contributed by atoms with E-state index in [0.717, 1.165) is 5.56 Å². The highest BCUT2D eigenvalue weighted by Crippen LogP contribution is 2.33. The molecule has 4 rings (SSSR count). The van der Waals surface area contributed by atoms with Gasteiger partial charge in [0, 0.05) is 18.2 Å². The van der Waals surface area contributed by atoms with Gasteiger partial charge in [0.05, 0.1) is 4.92 Å². The van der Waals surface area contributed by atoms with Crippen LogP contribution in [-0.2, 0) is 9.53 Å². The smallest absolute Gasteiger partial charge is 0.363 e. The van der Waals surface area contributed by atoms with Crippen molar-refractivity contribution in [2.24, 2.45) is 4.99 Å². The number of rotatable bonds is 4. The number of nitro benzene ring substituents is 1. The Morgan fingerprint density at radius 2 is 1.89 bits per heavy atom. The molecule has 0 aromatic heterocycles. The molecule has 0 N–H and O–H groups in total. The van der Waals surface area contributed by atoms with Gasteiger partial charge in [0.1, 0.15) is 0 Å². The van der Waals surface area contributed by atoms with Gasteiger partial charge >= 0.3 is 5.97 Å². The summed E-state index contributed by atoms with van der Waals surface area (Å²) in [5.74, 6) is 0.783. The van der Waals surface area contributed by atoms with Crippen molar-refractivity contribution in [3.8, 4) is 11.5 Å². The van der Waals surface area contributed by atoms with E-state index in [1.165, 1.54) is 18.2 Å². The van der Waals surface area contributed by atoms with Gasteiger partial charge in [0.15, 0.2) is 17.2 Å². The summed E-state index contributed by atoms with van der Waals surface area (Å²) in [4.78, 5) is 26.5. The molecule has 27 heavy (non-hydrogen) atoms. The maximum Gasteiger partial charge on any atom is 0.363 e. The Kier molecular flexibility index (Phi) is 4.13. The molecule has 2 aromatic carbocycles. The first kappa shape index (κ1) is 16.5. The van der Waals surface area contributed by atoms with Gasteiger partial charge in [-0.3, -0.25) is 10.1 Å². The van der Waals surface area contributed by atoms with Crippen LogP contribution in [0.3, 0.4) is 0 Å². The van der Waals surface area contributed by atoms with E-state index in [1.807, 2.05) is 0 Å². The number of benzene rings is 2. The molecule has 8 nitrogen and oxygen atoms in total. The number of aliphatic imine (C=N–C) groups is 1. The molecule has 134 valence electrons. The van der Waals surface area contributed by atoms with Gasteiger partial charge in [-0.05, 0) is 35.4 Å². The van der Waals surface area contributed by atoms with Crippen molar-refractivity contribution in [2.75, 3.05) is 6.79 Å². The predicted octanol–water partition coefficient (Wildman–Crippen LogP) is 3.33. The van der Waals surface area contributed by atoms with Crippen LogP contribution in [0, 0.1) is 10.1 Å². The minimum absolute atomic E-state index is 0.0223. The Balaban J connectivity index is 1.54. The number of nitro groups is 1. The van der Waals surface area contributed by atoms with Gasteiger partial charge < -0.3 is 14.2 Å². The number of carbonyl (C=O) groups is 1. The molecule has 0 fully saturated rings. The molecule has 0 saturated heterocycles. The molecule has 2 aliphatic heterocycles. The van der Waals surface area contributed by atoms with E-state index in [4.69, 9.17) is 14.2 Å². The molecular formula is C19H12N2O6. The quantitative estimate of drug-likeness (QED) is 0.357. The molecule has 0 unspecified atom stereocenters. The minimum Gasteiger partial charge on any atom is -0.454 e. The Morgan fingerprint density at radius 3 is 2.74 bits per heavy atom. The second-order valence-electron chi connectivity index (χ2n) is 5.67. The van der Waals surface area contributed by atoms with Crippen LogP contribution in [0.2, 0.25) is 0 Å². The zero-order valence-electron chi connectivity index (χ0n) is 13.8. The molecule has 8 heteroatoms. The van der Waals surface area contributed by atoms with Gasteiger partial charge in [-0.25, -0.2) is 9.79 Å². The van der Waals surface area contributed by atoms with E-state index in [9.17, 15) is 14.9 Å². The standard InChI is InChI=1S/C19H12N2O6/c22-19-15(9-13-4-6-16-17(10-13)26-11-25-16)20-18(27-19)7-5-12-2-1-3-14(8-12)21(23)24/h1-10H,11H2. The zero-order valence-corrected chi connectivity index (χ0v) is 13.8. The third-order valence-corrected chi connectivity index (χ3v) is 3.84. The van der Waals surface area contributed by atoms with E-state index >= 15 is 0 Å². The Morgan fingerprint density at radius 1 is 1.04 bits per heavy atom. The van der Waals surface area contributed by atoms with Crippen LogP contribution in [-0.4, -0.2) is 23.6 Å². The number of esters is 1. The monoisotopic (exact) mass is 364 g/mol. The largest absolute Gasteiger partial charge is 0.454 e. The normalized spacial score (nSPS) is 16.7. The third-order valence-electron chi connectivity index (χ3n) is 3.84. The summed E-state index contributed by atoms with van der Waals surface area (Å²) in [7, 11) is 0. The minimum atomic E-state index is -0.577. The van der Waals surface area contributed by atoms with Crippen molar-refractivity contribution in [1.82, 2.24) is 0 Å². The summed E-state index contributed by atoms with van der Waals surface area (Å²) in [6, 6.07) is 11.4. The molecule has 0 saturated carbocycles. The number of fused-ring (bicyclic) bond motifs is 1. The maximum atomic E-state index is 12.0. The van der Waals surface area contributed by atoms with Crippen molar-refractivity contribution in [1.29, 1.82) is 0 Å². The van der Waals surface area contributed by atoms with Crippen molar-refractivity contribution in [3.63, 3.8) is 0 Å². The molecule has 0 radical (unpaired) electrons. The van der Waals surface area contributed by atoms with Crippen LogP contribution < -0.4 is 9.47 Å². The maximum absolute atomic E-state index is 12.0. The van der Waals surface area contributed by atoms with Gasteiger partial charge in [-0.2, -0.15) is 0 Å². The molecule has 0 bridgehead atoms. The molecule has 2 aliphatic rings. The molecule has 0 amide bonds. The fourth-order valence-corrected chi connectivity index (χ4v) is 2.57. The van der Waals surface area contributed by atoms with Crippen molar-refractivity contribution in [3.05, 3.63) is 75.5 Å². The summed E-state index contributed by atoms with van der Waals surface area (Å²) in [6.45, 7) is 0.169. The number of hydrogen-bond donors (Lipinski definition) is 0. The third kappa shape index (κ3) is 3.54. The van der Waals surface area contributed by atoms with Crippen molar-refractivity contribution in [2.45, 2.75) is 0 Å². The second kappa shape index (κ2) is 6.75. The zero-order chi connectivity index (χ0) is 18.8. The van der Waals surface area contributed by atoms with Gasteiger partial charge in [-0.1, -0.05) is 18.2 Å².